The lowest BCUT2D eigenvalue weighted by molar-refractivity contribution is 0.102. The summed E-state index contributed by atoms with van der Waals surface area (Å²) in [7, 11) is 1.80. The van der Waals surface area contributed by atoms with Crippen molar-refractivity contribution in [3.63, 3.8) is 0 Å². The van der Waals surface area contributed by atoms with Crippen LogP contribution in [0, 0.1) is 3.57 Å². The molecule has 0 aliphatic heterocycles. The van der Waals surface area contributed by atoms with Gasteiger partial charge in [0.2, 0.25) is 0 Å². The molecule has 1 aromatic heterocycles. The second-order valence-corrected chi connectivity index (χ2v) is 6.28. The van der Waals surface area contributed by atoms with E-state index in [2.05, 4.69) is 52.1 Å². The molecule has 110 valence electrons. The Morgan fingerprint density at radius 1 is 1.19 bits per heavy atom. The molecule has 0 radical (unpaired) electrons. The quantitative estimate of drug-likeness (QED) is 0.767. The van der Waals surface area contributed by atoms with E-state index in [9.17, 15) is 4.79 Å². The Morgan fingerprint density at radius 3 is 2.43 bits per heavy atom. The molecule has 2 rings (SSSR count). The fraction of sp³-hybridized carbons (Fsp3) is 0.250. The number of pyridine rings is 1. The van der Waals surface area contributed by atoms with E-state index in [1.807, 2.05) is 30.3 Å². The van der Waals surface area contributed by atoms with Gasteiger partial charge < -0.3 is 10.6 Å². The average Bonchev–Trinajstić information content (AvgIpc) is 2.49. The van der Waals surface area contributed by atoms with Gasteiger partial charge in [0.25, 0.3) is 5.91 Å². The summed E-state index contributed by atoms with van der Waals surface area (Å²) < 4.78 is 1.13. The normalized spacial score (nSPS) is 10.5. The van der Waals surface area contributed by atoms with Crippen molar-refractivity contribution in [3.8, 4) is 0 Å². The molecule has 0 aliphatic rings. The third-order valence-electron chi connectivity index (χ3n) is 3.06. The number of carbonyl (C=O) groups is 1. The highest BCUT2D eigenvalue weighted by molar-refractivity contribution is 14.1. The van der Waals surface area contributed by atoms with Gasteiger partial charge in [-0.1, -0.05) is 13.8 Å². The number of rotatable bonds is 4. The number of amides is 1. The summed E-state index contributed by atoms with van der Waals surface area (Å²) in [5.74, 6) is 0.842. The fourth-order valence-corrected chi connectivity index (χ4v) is 2.20. The molecule has 2 N–H and O–H groups in total. The lowest BCUT2D eigenvalue weighted by Crippen LogP contribution is -2.13. The van der Waals surface area contributed by atoms with Crippen LogP contribution in [0.1, 0.15) is 35.8 Å². The smallest absolute Gasteiger partial charge is 0.255 e. The van der Waals surface area contributed by atoms with Gasteiger partial charge in [-0.2, -0.15) is 0 Å². The minimum absolute atomic E-state index is 0.128. The Kier molecular flexibility index (Phi) is 5.17. The molecular formula is C16H18IN3O. The van der Waals surface area contributed by atoms with E-state index < -0.39 is 0 Å². The molecule has 4 nitrogen and oxygen atoms in total. The van der Waals surface area contributed by atoms with Crippen molar-refractivity contribution >= 4 is 40.0 Å². The van der Waals surface area contributed by atoms with E-state index in [1.54, 1.807) is 13.1 Å². The summed E-state index contributed by atoms with van der Waals surface area (Å²) in [5, 5.41) is 5.90. The number of hydrogen-bond acceptors (Lipinski definition) is 3. The number of anilines is 2. The van der Waals surface area contributed by atoms with Gasteiger partial charge in [0.15, 0.2) is 0 Å². The van der Waals surface area contributed by atoms with Crippen molar-refractivity contribution in [2.75, 3.05) is 17.7 Å². The van der Waals surface area contributed by atoms with Crippen LogP contribution in [0.2, 0.25) is 0 Å². The maximum absolute atomic E-state index is 12.4. The monoisotopic (exact) mass is 395 g/mol. The number of halogens is 1. The first-order valence-electron chi connectivity index (χ1n) is 6.76. The summed E-state index contributed by atoms with van der Waals surface area (Å²) in [4.78, 5) is 16.8. The number of nitrogens with zero attached hydrogens (tertiary/aromatic N) is 1. The molecular weight excluding hydrogens is 377 g/mol. The van der Waals surface area contributed by atoms with E-state index in [4.69, 9.17) is 0 Å². The predicted octanol–water partition coefficient (Wildman–Crippen LogP) is 4.10. The zero-order valence-corrected chi connectivity index (χ0v) is 14.4. The second-order valence-electron chi connectivity index (χ2n) is 5.03. The molecule has 0 atom stereocenters. The number of benzene rings is 1. The summed E-state index contributed by atoms with van der Waals surface area (Å²) >= 11 is 2.23. The Balaban J connectivity index is 2.25. The third-order valence-corrected chi connectivity index (χ3v) is 3.78. The topological polar surface area (TPSA) is 54.0 Å². The lowest BCUT2D eigenvalue weighted by atomic mass is 10.1. The second kappa shape index (κ2) is 6.89. The van der Waals surface area contributed by atoms with Gasteiger partial charge in [-0.15, -0.1) is 0 Å². The molecule has 0 unspecified atom stereocenters. The Labute approximate surface area is 138 Å². The maximum Gasteiger partial charge on any atom is 0.255 e. The molecule has 1 amide bonds. The van der Waals surface area contributed by atoms with Crippen LogP contribution in [0.3, 0.4) is 0 Å². The summed E-state index contributed by atoms with van der Waals surface area (Å²) in [5.41, 5.74) is 2.29. The number of aromatic nitrogens is 1. The van der Waals surface area contributed by atoms with Crippen LogP contribution in [0.4, 0.5) is 11.5 Å². The van der Waals surface area contributed by atoms with Crippen molar-refractivity contribution in [2.24, 2.45) is 0 Å². The van der Waals surface area contributed by atoms with Crippen LogP contribution in [0.15, 0.2) is 36.4 Å². The number of carbonyl (C=O) groups excluding carboxylic acids is 1. The van der Waals surface area contributed by atoms with Crippen molar-refractivity contribution < 1.29 is 4.79 Å². The van der Waals surface area contributed by atoms with Gasteiger partial charge in [0.1, 0.15) is 5.82 Å². The maximum atomic E-state index is 12.4. The van der Waals surface area contributed by atoms with E-state index in [0.717, 1.165) is 15.0 Å². The highest BCUT2D eigenvalue weighted by Gasteiger charge is 2.11. The van der Waals surface area contributed by atoms with E-state index >= 15 is 0 Å². The molecule has 0 saturated carbocycles. The van der Waals surface area contributed by atoms with Crippen molar-refractivity contribution in [2.45, 2.75) is 19.8 Å². The molecule has 0 saturated heterocycles. The molecule has 0 bridgehead atoms. The summed E-state index contributed by atoms with van der Waals surface area (Å²) in [6, 6.07) is 11.3. The molecule has 1 heterocycles. The van der Waals surface area contributed by atoms with Crippen molar-refractivity contribution in [1.29, 1.82) is 0 Å². The van der Waals surface area contributed by atoms with Gasteiger partial charge in [-0.05, 0) is 64.9 Å². The van der Waals surface area contributed by atoms with Crippen LogP contribution < -0.4 is 10.6 Å². The minimum Gasteiger partial charge on any atom is -0.373 e. The fourth-order valence-electron chi connectivity index (χ4n) is 1.84. The molecule has 0 aliphatic carbocycles. The SMILES string of the molecule is CNc1cc(C(=O)Nc2ccc(I)cc2)cc(C(C)C)n1. The summed E-state index contributed by atoms with van der Waals surface area (Å²) in [6.45, 7) is 4.12. The van der Waals surface area contributed by atoms with E-state index in [0.29, 0.717) is 11.4 Å². The van der Waals surface area contributed by atoms with Crippen LogP contribution in [0.5, 0.6) is 0 Å². The average molecular weight is 395 g/mol. The standard InChI is InChI=1S/C16H18IN3O/c1-10(2)14-8-11(9-15(18-3)20-14)16(21)19-13-6-4-12(17)5-7-13/h4-10H,1-3H3,(H,18,20)(H,19,21). The minimum atomic E-state index is -0.128. The molecule has 21 heavy (non-hydrogen) atoms. The molecule has 2 aromatic rings. The van der Waals surface area contributed by atoms with Crippen LogP contribution in [-0.2, 0) is 0 Å². The first-order valence-corrected chi connectivity index (χ1v) is 7.84. The van der Waals surface area contributed by atoms with Crippen molar-refractivity contribution in [1.82, 2.24) is 4.98 Å². The number of hydrogen-bond donors (Lipinski definition) is 2. The Bertz CT molecular complexity index is 638. The highest BCUT2D eigenvalue weighted by atomic mass is 127. The Hall–Kier alpha value is -1.63. The van der Waals surface area contributed by atoms with Crippen LogP contribution in [0.25, 0.3) is 0 Å². The Morgan fingerprint density at radius 2 is 1.86 bits per heavy atom. The molecule has 0 fully saturated rings. The molecule has 5 heteroatoms. The lowest BCUT2D eigenvalue weighted by Gasteiger charge is -2.11. The van der Waals surface area contributed by atoms with E-state index in [-0.39, 0.29) is 11.8 Å². The first-order chi connectivity index (χ1) is 9.99. The van der Waals surface area contributed by atoms with Crippen LogP contribution in [-0.4, -0.2) is 17.9 Å². The molecule has 1 aromatic carbocycles. The predicted molar refractivity (Wildman–Crippen MR) is 95.0 cm³/mol. The molecule has 0 spiro atoms. The van der Waals surface area contributed by atoms with Crippen molar-refractivity contribution in [3.05, 3.63) is 51.2 Å². The number of nitrogens with one attached hydrogen (secondary N) is 2. The van der Waals surface area contributed by atoms with Gasteiger partial charge in [-0.25, -0.2) is 4.98 Å². The summed E-state index contributed by atoms with van der Waals surface area (Å²) in [6.07, 6.45) is 0. The third kappa shape index (κ3) is 4.17. The zero-order chi connectivity index (χ0) is 15.4. The van der Waals surface area contributed by atoms with Gasteiger partial charge in [-0.3, -0.25) is 4.79 Å². The van der Waals surface area contributed by atoms with E-state index in [1.165, 1.54) is 0 Å². The largest absolute Gasteiger partial charge is 0.373 e. The van der Waals surface area contributed by atoms with Gasteiger partial charge >= 0.3 is 0 Å². The van der Waals surface area contributed by atoms with Crippen LogP contribution >= 0.6 is 22.6 Å². The first kappa shape index (κ1) is 15.8. The zero-order valence-electron chi connectivity index (χ0n) is 12.3. The van der Waals surface area contributed by atoms with Gasteiger partial charge in [0.05, 0.1) is 0 Å². The highest BCUT2D eigenvalue weighted by Crippen LogP contribution is 2.19. The van der Waals surface area contributed by atoms with Gasteiger partial charge in [0, 0.05) is 27.6 Å².